The lowest BCUT2D eigenvalue weighted by atomic mass is 9.53. The van der Waals surface area contributed by atoms with E-state index in [2.05, 4.69) is 32.2 Å². The quantitative estimate of drug-likeness (QED) is 0.330. The van der Waals surface area contributed by atoms with E-state index in [1.807, 2.05) is 26.0 Å². The first-order valence-electron chi connectivity index (χ1n) is 14.3. The van der Waals surface area contributed by atoms with Crippen LogP contribution in [-0.2, 0) is 10.2 Å². The number of hydrogen-bond donors (Lipinski definition) is 0. The molecule has 3 aromatic rings. The normalized spacial score (nSPS) is 25.4. The molecule has 0 spiro atoms. The zero-order chi connectivity index (χ0) is 26.2. The Morgan fingerprint density at radius 2 is 1.87 bits per heavy atom. The van der Waals surface area contributed by atoms with Crippen LogP contribution in [0.4, 0.5) is 5.69 Å². The lowest BCUT2D eigenvalue weighted by molar-refractivity contribution is -0.124. The van der Waals surface area contributed by atoms with Gasteiger partial charge in [-0.2, -0.15) is 9.97 Å². The Morgan fingerprint density at radius 1 is 1.11 bits per heavy atom. The molecule has 2 heterocycles. The van der Waals surface area contributed by atoms with E-state index < -0.39 is 0 Å². The van der Waals surface area contributed by atoms with Crippen LogP contribution in [0.5, 0.6) is 6.08 Å². The van der Waals surface area contributed by atoms with E-state index in [1.54, 1.807) is 6.20 Å². The van der Waals surface area contributed by atoms with Crippen LogP contribution in [0.15, 0.2) is 39.4 Å². The summed E-state index contributed by atoms with van der Waals surface area (Å²) >= 11 is 0. The molecule has 4 fully saturated rings. The van der Waals surface area contributed by atoms with E-state index in [-0.39, 0.29) is 28.7 Å². The molecule has 0 atom stereocenters. The fraction of sp³-hybridized carbons (Fsp3) is 0.600. The van der Waals surface area contributed by atoms with Crippen LogP contribution >= 0.6 is 0 Å². The van der Waals surface area contributed by atoms with Crippen molar-refractivity contribution in [3.8, 4) is 17.4 Å². The minimum absolute atomic E-state index is 0.00564. The minimum atomic E-state index is 0.00564. The Balaban J connectivity index is 1.27. The van der Waals surface area contributed by atoms with Gasteiger partial charge in [-0.25, -0.2) is 0 Å². The molecule has 1 aromatic carbocycles. The molecule has 38 heavy (non-hydrogen) atoms. The maximum absolute atomic E-state index is 14.1. The Bertz CT molecular complexity index is 1250. The smallest absolute Gasteiger partial charge is 0.394 e. The summed E-state index contributed by atoms with van der Waals surface area (Å²) in [6.45, 7) is 5.05. The van der Waals surface area contributed by atoms with Gasteiger partial charge in [0.05, 0.1) is 12.8 Å². The average Bonchev–Trinajstić information content (AvgIpc) is 3.63. The standard InChI is InChI=1S/C30H38N4O4/c1-3-36-28-31-19-25(37-28)23-10-7-11-24(18-23)34(26(35)22-8-5-4-6-9-22)20-29-12-15-30(16-13-29,17-14-29)27-32-21(2)33-38-27/h7,10-11,18-19,22H,3-6,8-9,12-17,20H2,1-2H3. The number of aromatic nitrogens is 3. The van der Waals surface area contributed by atoms with E-state index in [1.165, 1.54) is 6.42 Å². The Labute approximate surface area is 224 Å². The van der Waals surface area contributed by atoms with Crippen LogP contribution in [-0.4, -0.2) is 34.2 Å². The van der Waals surface area contributed by atoms with Crippen LogP contribution in [0, 0.1) is 18.3 Å². The SMILES string of the molecule is CCOc1ncc(-c2cccc(N(CC34CCC(c5nc(C)no5)(CC3)CC4)C(=O)C3CCCCC3)c2)o1. The molecule has 202 valence electrons. The Hall–Kier alpha value is -3.16. The zero-order valence-electron chi connectivity index (χ0n) is 22.6. The minimum Gasteiger partial charge on any atom is -0.450 e. The highest BCUT2D eigenvalue weighted by atomic mass is 16.6. The van der Waals surface area contributed by atoms with E-state index in [9.17, 15) is 4.79 Å². The van der Waals surface area contributed by atoms with Crippen molar-refractivity contribution < 1.29 is 18.5 Å². The predicted octanol–water partition coefficient (Wildman–Crippen LogP) is 6.64. The first-order chi connectivity index (χ1) is 18.5. The zero-order valence-corrected chi connectivity index (χ0v) is 22.6. The summed E-state index contributed by atoms with van der Waals surface area (Å²) in [7, 11) is 0. The third kappa shape index (κ3) is 4.74. The van der Waals surface area contributed by atoms with Crippen LogP contribution < -0.4 is 9.64 Å². The van der Waals surface area contributed by atoms with E-state index in [4.69, 9.17) is 13.7 Å². The van der Waals surface area contributed by atoms with Crippen LogP contribution in [0.25, 0.3) is 11.3 Å². The number of hydrogen-bond acceptors (Lipinski definition) is 7. The highest BCUT2D eigenvalue weighted by Gasteiger charge is 2.53. The molecule has 8 heteroatoms. The molecule has 0 unspecified atom stereocenters. The topological polar surface area (TPSA) is 94.5 Å². The van der Waals surface area contributed by atoms with E-state index in [0.29, 0.717) is 18.2 Å². The fourth-order valence-corrected chi connectivity index (χ4v) is 6.94. The summed E-state index contributed by atoms with van der Waals surface area (Å²) in [5, 5.41) is 4.07. The number of carbonyl (C=O) groups is 1. The van der Waals surface area contributed by atoms with Crippen molar-refractivity contribution in [2.75, 3.05) is 18.1 Å². The molecule has 4 saturated carbocycles. The van der Waals surface area contributed by atoms with Crippen molar-refractivity contribution in [3.05, 3.63) is 42.2 Å². The van der Waals surface area contributed by atoms with Gasteiger partial charge in [0.15, 0.2) is 11.6 Å². The van der Waals surface area contributed by atoms with Crippen LogP contribution in [0.3, 0.4) is 0 Å². The molecule has 0 radical (unpaired) electrons. The van der Waals surface area contributed by atoms with Gasteiger partial charge in [0.2, 0.25) is 11.8 Å². The second kappa shape index (κ2) is 10.2. The summed E-state index contributed by atoms with van der Waals surface area (Å²) in [5.41, 5.74) is 1.96. The molecule has 0 N–H and O–H groups in total. The Kier molecular flexibility index (Phi) is 6.74. The number of oxazole rings is 1. The average molecular weight is 519 g/mol. The lowest BCUT2D eigenvalue weighted by Crippen LogP contribution is -2.51. The van der Waals surface area contributed by atoms with E-state index >= 15 is 0 Å². The molecule has 2 bridgehead atoms. The molecule has 7 rings (SSSR count). The third-order valence-corrected chi connectivity index (χ3v) is 9.29. The summed E-state index contributed by atoms with van der Waals surface area (Å²) < 4.78 is 16.9. The number of anilines is 1. The fourth-order valence-electron chi connectivity index (χ4n) is 6.94. The predicted molar refractivity (Wildman–Crippen MR) is 143 cm³/mol. The highest BCUT2D eigenvalue weighted by molar-refractivity contribution is 5.95. The number of fused-ring (bicyclic) bond motifs is 3. The lowest BCUT2D eigenvalue weighted by Gasteiger charge is -2.53. The van der Waals surface area contributed by atoms with Crippen molar-refractivity contribution in [2.45, 2.75) is 89.9 Å². The van der Waals surface area contributed by atoms with Crippen molar-refractivity contribution >= 4 is 11.6 Å². The number of aryl methyl sites for hydroxylation is 1. The van der Waals surface area contributed by atoms with Gasteiger partial charge in [-0.3, -0.25) is 4.79 Å². The van der Waals surface area contributed by atoms with Crippen molar-refractivity contribution in [1.82, 2.24) is 15.1 Å². The van der Waals surface area contributed by atoms with Gasteiger partial charge in [0, 0.05) is 29.1 Å². The molecular formula is C30H38N4O4. The number of benzene rings is 1. The molecule has 1 amide bonds. The maximum Gasteiger partial charge on any atom is 0.394 e. The van der Waals surface area contributed by atoms with Crippen LogP contribution in [0.2, 0.25) is 0 Å². The summed E-state index contributed by atoms with van der Waals surface area (Å²) in [6.07, 6.45) is 13.8. The van der Waals surface area contributed by atoms with Crippen molar-refractivity contribution in [3.63, 3.8) is 0 Å². The van der Waals surface area contributed by atoms with Gasteiger partial charge in [0.25, 0.3) is 0 Å². The summed E-state index contributed by atoms with van der Waals surface area (Å²) in [5.74, 6) is 2.55. The van der Waals surface area contributed by atoms with Crippen molar-refractivity contribution in [2.24, 2.45) is 11.3 Å². The Morgan fingerprint density at radius 3 is 2.55 bits per heavy atom. The number of ether oxygens (including phenoxy) is 1. The van der Waals surface area contributed by atoms with Gasteiger partial charge < -0.3 is 18.6 Å². The number of amides is 1. The molecule has 2 aromatic heterocycles. The van der Waals surface area contributed by atoms with Gasteiger partial charge in [0.1, 0.15) is 0 Å². The van der Waals surface area contributed by atoms with Gasteiger partial charge in [-0.1, -0.05) is 36.6 Å². The van der Waals surface area contributed by atoms with Gasteiger partial charge in [-0.05, 0) is 82.8 Å². The molecule has 0 saturated heterocycles. The molecule has 8 nitrogen and oxygen atoms in total. The number of carbonyl (C=O) groups excluding carboxylic acids is 1. The summed E-state index contributed by atoms with van der Waals surface area (Å²) in [6, 6.07) is 8.16. The summed E-state index contributed by atoms with van der Waals surface area (Å²) in [4.78, 5) is 25.1. The first-order valence-corrected chi connectivity index (χ1v) is 14.3. The second-order valence-corrected chi connectivity index (χ2v) is 11.7. The van der Waals surface area contributed by atoms with E-state index in [0.717, 1.165) is 87.9 Å². The number of rotatable bonds is 8. The van der Waals surface area contributed by atoms with Gasteiger partial charge in [-0.15, -0.1) is 0 Å². The largest absolute Gasteiger partial charge is 0.450 e. The monoisotopic (exact) mass is 518 g/mol. The second-order valence-electron chi connectivity index (χ2n) is 11.7. The highest BCUT2D eigenvalue weighted by Crippen LogP contribution is 2.58. The molecule has 4 aliphatic carbocycles. The third-order valence-electron chi connectivity index (χ3n) is 9.29. The molecule has 4 aliphatic rings. The van der Waals surface area contributed by atoms with Gasteiger partial charge >= 0.3 is 6.08 Å². The molecule has 0 aliphatic heterocycles. The first kappa shape index (κ1) is 25.1. The van der Waals surface area contributed by atoms with Crippen LogP contribution in [0.1, 0.15) is 89.3 Å². The van der Waals surface area contributed by atoms with Crippen molar-refractivity contribution in [1.29, 1.82) is 0 Å². The maximum atomic E-state index is 14.1. The number of nitrogens with zero attached hydrogens (tertiary/aromatic N) is 4. The molecular weight excluding hydrogens is 480 g/mol.